The second-order valence-electron chi connectivity index (χ2n) is 6.47. The van der Waals surface area contributed by atoms with Crippen LogP contribution in [0.4, 0.5) is 0 Å². The van der Waals surface area contributed by atoms with Crippen LogP contribution in [0.1, 0.15) is 22.8 Å². The van der Waals surface area contributed by atoms with Gasteiger partial charge in [0.1, 0.15) is 0 Å². The van der Waals surface area contributed by atoms with Crippen molar-refractivity contribution >= 4 is 15.7 Å². The van der Waals surface area contributed by atoms with Gasteiger partial charge in [-0.15, -0.1) is 0 Å². The van der Waals surface area contributed by atoms with Gasteiger partial charge in [0, 0.05) is 31.0 Å². The van der Waals surface area contributed by atoms with Gasteiger partial charge in [0.25, 0.3) is 5.91 Å². The van der Waals surface area contributed by atoms with Crippen molar-refractivity contribution in [1.82, 2.24) is 9.80 Å². The van der Waals surface area contributed by atoms with Gasteiger partial charge in [-0.1, -0.05) is 13.0 Å². The number of amides is 1. The fourth-order valence-electron chi connectivity index (χ4n) is 3.02. The Morgan fingerprint density at radius 2 is 1.91 bits per heavy atom. The van der Waals surface area contributed by atoms with Crippen LogP contribution in [-0.4, -0.2) is 63.6 Å². The van der Waals surface area contributed by atoms with Crippen molar-refractivity contribution < 1.29 is 13.2 Å². The molecule has 1 aliphatic heterocycles. The van der Waals surface area contributed by atoms with E-state index in [9.17, 15) is 13.2 Å². The molecule has 1 saturated heterocycles. The molecule has 22 heavy (non-hydrogen) atoms. The van der Waals surface area contributed by atoms with Gasteiger partial charge in [-0.25, -0.2) is 8.42 Å². The van der Waals surface area contributed by atoms with Crippen molar-refractivity contribution in [2.24, 2.45) is 5.92 Å². The van der Waals surface area contributed by atoms with E-state index < -0.39 is 9.84 Å². The molecule has 0 radical (unpaired) electrons. The normalized spacial score (nSPS) is 22.4. The van der Waals surface area contributed by atoms with E-state index in [2.05, 4.69) is 11.8 Å². The van der Waals surface area contributed by atoms with Crippen LogP contribution >= 0.6 is 0 Å². The molecule has 5 nitrogen and oxygen atoms in total. The summed E-state index contributed by atoms with van der Waals surface area (Å²) in [6, 6.07) is 5.09. The van der Waals surface area contributed by atoms with Gasteiger partial charge in [0.2, 0.25) is 0 Å². The first-order valence-corrected chi connectivity index (χ1v) is 9.27. The van der Waals surface area contributed by atoms with E-state index in [1.54, 1.807) is 12.1 Å². The molecule has 1 aliphatic rings. The standard InChI is InChI=1S/C16H24N2O3S/c1-11-6-7-13(22(5,20)21)8-14(11)16(19)18-9-12(2)15(10-18)17(3)4/h6-8,12,15H,9-10H2,1-5H3. The zero-order chi connectivity index (χ0) is 16.7. The SMILES string of the molecule is Cc1ccc(S(C)(=O)=O)cc1C(=O)N1CC(C)C(N(C)C)C1. The largest absolute Gasteiger partial charge is 0.337 e. The fourth-order valence-corrected chi connectivity index (χ4v) is 3.67. The Morgan fingerprint density at radius 1 is 1.27 bits per heavy atom. The predicted molar refractivity (Wildman–Crippen MR) is 86.8 cm³/mol. The highest BCUT2D eigenvalue weighted by atomic mass is 32.2. The number of rotatable bonds is 3. The highest BCUT2D eigenvalue weighted by molar-refractivity contribution is 7.90. The first-order valence-electron chi connectivity index (χ1n) is 7.37. The van der Waals surface area contributed by atoms with E-state index in [0.29, 0.717) is 30.6 Å². The van der Waals surface area contributed by atoms with Gasteiger partial charge in [0.15, 0.2) is 9.84 Å². The Bertz CT molecular complexity index is 683. The van der Waals surface area contributed by atoms with Crippen LogP contribution in [0.25, 0.3) is 0 Å². The summed E-state index contributed by atoms with van der Waals surface area (Å²) in [5, 5.41) is 0. The molecular formula is C16H24N2O3S. The van der Waals surface area contributed by atoms with Crippen molar-refractivity contribution in [2.75, 3.05) is 33.4 Å². The molecule has 0 spiro atoms. The molecule has 1 aromatic rings. The Hall–Kier alpha value is -1.40. The summed E-state index contributed by atoms with van der Waals surface area (Å²) in [5.74, 6) is 0.316. The molecule has 0 saturated carbocycles. The van der Waals surface area contributed by atoms with Crippen molar-refractivity contribution in [1.29, 1.82) is 0 Å². The Morgan fingerprint density at radius 3 is 2.41 bits per heavy atom. The van der Waals surface area contributed by atoms with Crippen LogP contribution in [0.15, 0.2) is 23.1 Å². The lowest BCUT2D eigenvalue weighted by molar-refractivity contribution is 0.0780. The van der Waals surface area contributed by atoms with E-state index in [1.807, 2.05) is 25.9 Å². The van der Waals surface area contributed by atoms with E-state index in [4.69, 9.17) is 0 Å². The maximum absolute atomic E-state index is 12.8. The van der Waals surface area contributed by atoms with Crippen LogP contribution in [-0.2, 0) is 9.84 Å². The van der Waals surface area contributed by atoms with Gasteiger partial charge >= 0.3 is 0 Å². The Kier molecular flexibility index (Phi) is 4.63. The molecule has 0 bridgehead atoms. The highest BCUT2D eigenvalue weighted by Crippen LogP contribution is 2.24. The van der Waals surface area contributed by atoms with E-state index >= 15 is 0 Å². The predicted octanol–water partition coefficient (Wildman–Crippen LogP) is 1.42. The van der Waals surface area contributed by atoms with Crippen LogP contribution in [0.3, 0.4) is 0 Å². The maximum Gasteiger partial charge on any atom is 0.254 e. The van der Waals surface area contributed by atoms with Gasteiger partial charge < -0.3 is 9.80 Å². The number of sulfone groups is 1. The maximum atomic E-state index is 12.8. The average Bonchev–Trinajstić information content (AvgIpc) is 2.79. The summed E-state index contributed by atoms with van der Waals surface area (Å²) in [7, 11) is 0.724. The molecular weight excluding hydrogens is 300 g/mol. The molecule has 0 aromatic heterocycles. The average molecular weight is 324 g/mol. The number of hydrogen-bond donors (Lipinski definition) is 0. The van der Waals surface area contributed by atoms with Crippen LogP contribution in [0.5, 0.6) is 0 Å². The fraction of sp³-hybridized carbons (Fsp3) is 0.562. The van der Waals surface area contributed by atoms with Crippen molar-refractivity contribution in [2.45, 2.75) is 24.8 Å². The number of likely N-dealkylation sites (N-methyl/N-ethyl adjacent to an activating group) is 1. The third-order valence-corrected chi connectivity index (χ3v) is 5.50. The van der Waals surface area contributed by atoms with Crippen LogP contribution in [0.2, 0.25) is 0 Å². The molecule has 1 aromatic carbocycles. The van der Waals surface area contributed by atoms with E-state index in [-0.39, 0.29) is 10.8 Å². The second-order valence-corrected chi connectivity index (χ2v) is 8.48. The number of hydrogen-bond acceptors (Lipinski definition) is 4. The molecule has 122 valence electrons. The molecule has 2 unspecified atom stereocenters. The number of nitrogens with zero attached hydrogens (tertiary/aromatic N) is 2. The Labute approximate surface area is 132 Å². The van der Waals surface area contributed by atoms with Crippen LogP contribution in [0, 0.1) is 12.8 Å². The highest BCUT2D eigenvalue weighted by Gasteiger charge is 2.34. The van der Waals surface area contributed by atoms with Crippen molar-refractivity contribution in [3.05, 3.63) is 29.3 Å². The number of carbonyl (C=O) groups is 1. The Balaban J connectivity index is 2.31. The topological polar surface area (TPSA) is 57.7 Å². The molecule has 1 amide bonds. The quantitative estimate of drug-likeness (QED) is 0.844. The lowest BCUT2D eigenvalue weighted by Gasteiger charge is -2.22. The molecule has 1 fully saturated rings. The first-order chi connectivity index (χ1) is 10.1. The molecule has 6 heteroatoms. The molecule has 0 aliphatic carbocycles. The third kappa shape index (κ3) is 3.33. The zero-order valence-electron chi connectivity index (χ0n) is 13.8. The van der Waals surface area contributed by atoms with Crippen molar-refractivity contribution in [3.63, 3.8) is 0 Å². The van der Waals surface area contributed by atoms with Gasteiger partial charge in [-0.3, -0.25) is 4.79 Å². The first kappa shape index (κ1) is 17.0. The number of aryl methyl sites for hydroxylation is 1. The van der Waals surface area contributed by atoms with Crippen molar-refractivity contribution in [3.8, 4) is 0 Å². The lowest BCUT2D eigenvalue weighted by Crippen LogP contribution is -2.36. The monoisotopic (exact) mass is 324 g/mol. The molecule has 1 heterocycles. The minimum atomic E-state index is -3.31. The summed E-state index contributed by atoms with van der Waals surface area (Å²) >= 11 is 0. The van der Waals surface area contributed by atoms with E-state index in [1.165, 1.54) is 6.07 Å². The van der Waals surface area contributed by atoms with Gasteiger partial charge in [-0.05, 0) is 44.6 Å². The summed E-state index contributed by atoms with van der Waals surface area (Å²) in [6.45, 7) is 5.35. The number of likely N-dealkylation sites (tertiary alicyclic amines) is 1. The molecule has 2 rings (SSSR count). The summed E-state index contributed by atoms with van der Waals surface area (Å²) in [6.07, 6.45) is 1.16. The van der Waals surface area contributed by atoms with Gasteiger partial charge in [-0.2, -0.15) is 0 Å². The number of benzene rings is 1. The minimum Gasteiger partial charge on any atom is -0.337 e. The summed E-state index contributed by atoms with van der Waals surface area (Å²) in [5.41, 5.74) is 1.29. The molecule has 0 N–H and O–H groups in total. The zero-order valence-corrected chi connectivity index (χ0v) is 14.6. The van der Waals surface area contributed by atoms with Gasteiger partial charge in [0.05, 0.1) is 4.90 Å². The second kappa shape index (κ2) is 6.01. The third-order valence-electron chi connectivity index (χ3n) is 4.39. The lowest BCUT2D eigenvalue weighted by atomic mass is 10.1. The summed E-state index contributed by atoms with van der Waals surface area (Å²) < 4.78 is 23.4. The van der Waals surface area contributed by atoms with Crippen LogP contribution < -0.4 is 0 Å². The minimum absolute atomic E-state index is 0.0841. The summed E-state index contributed by atoms with van der Waals surface area (Å²) in [4.78, 5) is 16.9. The molecule has 2 atom stereocenters. The number of carbonyl (C=O) groups excluding carboxylic acids is 1. The van der Waals surface area contributed by atoms with E-state index in [0.717, 1.165) is 11.8 Å². The smallest absolute Gasteiger partial charge is 0.254 e.